The van der Waals surface area contributed by atoms with Crippen molar-refractivity contribution < 1.29 is 0 Å². The molecule has 86 valence electrons. The minimum Gasteiger partial charge on any atom is -0.143 e. The van der Waals surface area contributed by atoms with Crippen LogP contribution < -0.4 is 0 Å². The fourth-order valence-electron chi connectivity index (χ4n) is 2.54. The van der Waals surface area contributed by atoms with E-state index in [2.05, 4.69) is 67.2 Å². The minimum absolute atomic E-state index is 1.02. The maximum Gasteiger partial charge on any atom is 0.0361 e. The summed E-state index contributed by atoms with van der Waals surface area (Å²) < 4.78 is 2.68. The van der Waals surface area contributed by atoms with Crippen LogP contribution in [0.2, 0.25) is 0 Å². The van der Waals surface area contributed by atoms with Crippen LogP contribution in [0.1, 0.15) is 0 Å². The zero-order valence-electron chi connectivity index (χ0n) is 9.55. The van der Waals surface area contributed by atoms with Gasteiger partial charge in [-0.15, -0.1) is 24.0 Å². The van der Waals surface area contributed by atoms with Crippen LogP contribution in [0.3, 0.4) is 0 Å². The van der Waals surface area contributed by atoms with Gasteiger partial charge in [-0.2, -0.15) is 0 Å². The lowest BCUT2D eigenvalue weighted by molar-refractivity contribution is 1.55. The van der Waals surface area contributed by atoms with Crippen LogP contribution in [-0.2, 0) is 0 Å². The Kier molecular flexibility index (Phi) is 2.16. The lowest BCUT2D eigenvalue weighted by Gasteiger charge is -2.00. The summed E-state index contributed by atoms with van der Waals surface area (Å²) in [5, 5.41) is 5.32. The molecule has 18 heavy (non-hydrogen) atoms. The van der Waals surface area contributed by atoms with E-state index >= 15 is 0 Å². The number of hydrogen-bond acceptors (Lipinski definition) is 2. The molecule has 0 radical (unpaired) electrons. The first kappa shape index (κ1) is 10.4. The summed E-state index contributed by atoms with van der Waals surface area (Å²) in [5.74, 6) is 0. The van der Waals surface area contributed by atoms with Crippen molar-refractivity contribution in [1.82, 2.24) is 0 Å². The van der Waals surface area contributed by atoms with E-state index in [0.29, 0.717) is 0 Å². The number of thiol groups is 1. The van der Waals surface area contributed by atoms with Crippen molar-refractivity contribution in [1.29, 1.82) is 0 Å². The molecule has 0 saturated carbocycles. The van der Waals surface area contributed by atoms with Gasteiger partial charge < -0.3 is 0 Å². The molecule has 0 saturated heterocycles. The van der Waals surface area contributed by atoms with Crippen LogP contribution in [0.4, 0.5) is 0 Å². The number of benzene rings is 3. The summed E-state index contributed by atoms with van der Waals surface area (Å²) in [6.07, 6.45) is 0. The number of thiophene rings is 1. The molecule has 0 fully saturated rings. The van der Waals surface area contributed by atoms with E-state index in [1.807, 2.05) is 11.3 Å². The molecule has 0 aliphatic carbocycles. The predicted molar refractivity (Wildman–Crippen MR) is 84.1 cm³/mol. The van der Waals surface area contributed by atoms with Crippen molar-refractivity contribution >= 4 is 54.9 Å². The molecule has 0 N–H and O–H groups in total. The van der Waals surface area contributed by atoms with E-state index in [1.54, 1.807) is 0 Å². The maximum absolute atomic E-state index is 4.46. The summed E-state index contributed by atoms with van der Waals surface area (Å²) in [5.41, 5.74) is 0. The van der Waals surface area contributed by atoms with E-state index < -0.39 is 0 Å². The summed E-state index contributed by atoms with van der Waals surface area (Å²) in [6.45, 7) is 0. The van der Waals surface area contributed by atoms with E-state index in [9.17, 15) is 0 Å². The Morgan fingerprint density at radius 1 is 0.778 bits per heavy atom. The van der Waals surface area contributed by atoms with Gasteiger partial charge in [-0.3, -0.25) is 0 Å². The minimum atomic E-state index is 1.02. The van der Waals surface area contributed by atoms with Crippen molar-refractivity contribution in [2.45, 2.75) is 4.90 Å². The Morgan fingerprint density at radius 2 is 1.61 bits per heavy atom. The molecular weight excluding hydrogens is 256 g/mol. The van der Waals surface area contributed by atoms with Gasteiger partial charge in [0.25, 0.3) is 0 Å². The van der Waals surface area contributed by atoms with E-state index in [4.69, 9.17) is 0 Å². The number of hydrogen-bond donors (Lipinski definition) is 1. The van der Waals surface area contributed by atoms with Crippen molar-refractivity contribution in [3.63, 3.8) is 0 Å². The predicted octanol–water partition coefficient (Wildman–Crippen LogP) is 5.50. The molecule has 4 rings (SSSR count). The second-order valence-electron chi connectivity index (χ2n) is 4.44. The van der Waals surface area contributed by atoms with Crippen LogP contribution >= 0.6 is 24.0 Å². The van der Waals surface area contributed by atoms with Gasteiger partial charge in [-0.25, -0.2) is 0 Å². The molecule has 0 atom stereocenters. The van der Waals surface area contributed by atoms with Gasteiger partial charge in [0.05, 0.1) is 0 Å². The zero-order chi connectivity index (χ0) is 12.1. The normalized spacial score (nSPS) is 11.6. The second-order valence-corrected chi connectivity index (χ2v) is 6.04. The van der Waals surface area contributed by atoms with Crippen molar-refractivity contribution in [3.8, 4) is 0 Å². The van der Waals surface area contributed by atoms with Crippen molar-refractivity contribution in [2.75, 3.05) is 0 Å². The average Bonchev–Trinajstić information content (AvgIpc) is 2.77. The van der Waals surface area contributed by atoms with Gasteiger partial charge in [0, 0.05) is 25.1 Å². The summed E-state index contributed by atoms with van der Waals surface area (Å²) in [4.78, 5) is 1.02. The van der Waals surface area contributed by atoms with Crippen molar-refractivity contribution in [2.24, 2.45) is 0 Å². The molecule has 2 heteroatoms. The lowest BCUT2D eigenvalue weighted by Crippen LogP contribution is -1.73. The monoisotopic (exact) mass is 266 g/mol. The highest BCUT2D eigenvalue weighted by atomic mass is 32.1. The molecule has 0 bridgehead atoms. The Bertz CT molecular complexity index is 887. The van der Waals surface area contributed by atoms with Gasteiger partial charge in [-0.05, 0) is 35.0 Å². The topological polar surface area (TPSA) is 0 Å². The third-order valence-electron chi connectivity index (χ3n) is 3.34. The van der Waals surface area contributed by atoms with Crippen LogP contribution in [-0.4, -0.2) is 0 Å². The van der Waals surface area contributed by atoms with E-state index in [-0.39, 0.29) is 0 Å². The summed E-state index contributed by atoms with van der Waals surface area (Å²) >= 11 is 6.31. The molecule has 0 unspecified atom stereocenters. The Labute approximate surface area is 114 Å². The summed E-state index contributed by atoms with van der Waals surface area (Å²) in [6, 6.07) is 19.4. The average molecular weight is 266 g/mol. The quantitative estimate of drug-likeness (QED) is 0.399. The maximum atomic E-state index is 4.46. The Hall–Kier alpha value is -1.51. The van der Waals surface area contributed by atoms with Crippen LogP contribution in [0.5, 0.6) is 0 Å². The standard InChI is InChI=1S/C16H10S2/c17-11-6-8-14-13(9-11)16-12-4-2-1-3-10(12)5-7-15(16)18-14/h1-9,17H. The number of rotatable bonds is 0. The summed E-state index contributed by atoms with van der Waals surface area (Å²) in [7, 11) is 0. The third kappa shape index (κ3) is 1.39. The SMILES string of the molecule is Sc1ccc2sc3ccc4ccccc4c3c2c1. The van der Waals surface area contributed by atoms with Crippen LogP contribution in [0.25, 0.3) is 30.9 Å². The highest BCUT2D eigenvalue weighted by molar-refractivity contribution is 7.80. The molecule has 0 nitrogen and oxygen atoms in total. The molecule has 1 heterocycles. The fraction of sp³-hybridized carbons (Fsp3) is 0. The van der Waals surface area contributed by atoms with Gasteiger partial charge in [-0.1, -0.05) is 30.3 Å². The van der Waals surface area contributed by atoms with Crippen LogP contribution in [0.15, 0.2) is 59.5 Å². The highest BCUT2D eigenvalue weighted by Gasteiger charge is 2.08. The molecular formula is C16H10S2. The molecule has 3 aromatic carbocycles. The van der Waals surface area contributed by atoms with Gasteiger partial charge in [0.2, 0.25) is 0 Å². The van der Waals surface area contributed by atoms with E-state index in [0.717, 1.165) is 4.90 Å². The number of fused-ring (bicyclic) bond motifs is 5. The first-order valence-electron chi connectivity index (χ1n) is 5.86. The van der Waals surface area contributed by atoms with Gasteiger partial charge in [0.1, 0.15) is 0 Å². The largest absolute Gasteiger partial charge is 0.143 e. The zero-order valence-corrected chi connectivity index (χ0v) is 11.3. The lowest BCUT2D eigenvalue weighted by atomic mass is 10.0. The highest BCUT2D eigenvalue weighted by Crippen LogP contribution is 2.38. The van der Waals surface area contributed by atoms with Crippen molar-refractivity contribution in [3.05, 3.63) is 54.6 Å². The van der Waals surface area contributed by atoms with Crippen LogP contribution in [0, 0.1) is 0 Å². The van der Waals surface area contributed by atoms with E-state index in [1.165, 1.54) is 30.9 Å². The molecule has 1 aromatic heterocycles. The first-order valence-corrected chi connectivity index (χ1v) is 7.12. The molecule has 4 aromatic rings. The molecule has 0 amide bonds. The Balaban J connectivity index is 2.35. The first-order chi connectivity index (χ1) is 8.83. The molecule has 0 aliphatic heterocycles. The smallest absolute Gasteiger partial charge is 0.0361 e. The molecule has 0 spiro atoms. The van der Waals surface area contributed by atoms with Gasteiger partial charge in [0.15, 0.2) is 0 Å². The third-order valence-corrected chi connectivity index (χ3v) is 4.76. The van der Waals surface area contributed by atoms with Gasteiger partial charge >= 0.3 is 0 Å². The molecule has 0 aliphatic rings. The fourth-order valence-corrected chi connectivity index (χ4v) is 3.84. The Morgan fingerprint density at radius 3 is 2.56 bits per heavy atom. The second kappa shape index (κ2) is 3.74.